The maximum Gasteiger partial charge on any atom is 0.239 e. The fourth-order valence-corrected chi connectivity index (χ4v) is 1.64. The molecule has 0 bridgehead atoms. The van der Waals surface area contributed by atoms with Crippen LogP contribution in [0.5, 0.6) is 0 Å². The van der Waals surface area contributed by atoms with Crippen molar-refractivity contribution in [3.8, 4) is 0 Å². The molecule has 0 saturated heterocycles. The SMILES string of the molecule is O=C(CC(=O)n1ccnc1)Cc1cc(F)c(F)cc1F. The van der Waals surface area contributed by atoms with E-state index in [2.05, 4.69) is 4.98 Å². The lowest BCUT2D eigenvalue weighted by atomic mass is 10.1. The summed E-state index contributed by atoms with van der Waals surface area (Å²) in [5.41, 5.74) is -0.285. The average molecular weight is 282 g/mol. The monoisotopic (exact) mass is 282 g/mol. The summed E-state index contributed by atoms with van der Waals surface area (Å²) in [5.74, 6) is -4.72. The molecule has 0 spiro atoms. The molecule has 0 fully saturated rings. The minimum absolute atomic E-state index is 0.285. The summed E-state index contributed by atoms with van der Waals surface area (Å²) < 4.78 is 40.1. The molecule has 0 aliphatic heterocycles. The molecule has 104 valence electrons. The highest BCUT2D eigenvalue weighted by molar-refractivity contribution is 5.99. The molecule has 0 unspecified atom stereocenters. The fraction of sp³-hybridized carbons (Fsp3) is 0.154. The Labute approximate surface area is 111 Å². The predicted octanol–water partition coefficient (Wildman–Crippen LogP) is 2.14. The second-order valence-corrected chi connectivity index (χ2v) is 4.11. The molecule has 7 heteroatoms. The molecule has 0 saturated carbocycles. The second-order valence-electron chi connectivity index (χ2n) is 4.11. The number of nitrogens with zero attached hydrogens (tertiary/aromatic N) is 2. The van der Waals surface area contributed by atoms with Crippen LogP contribution in [0.15, 0.2) is 30.9 Å². The Hall–Kier alpha value is -2.44. The number of imidazole rings is 1. The topological polar surface area (TPSA) is 52.0 Å². The number of carbonyl (C=O) groups is 2. The molecule has 2 aromatic rings. The number of halogens is 3. The highest BCUT2D eigenvalue weighted by Gasteiger charge is 2.16. The summed E-state index contributed by atoms with van der Waals surface area (Å²) in [6.07, 6.45) is 3.01. The van der Waals surface area contributed by atoms with E-state index in [4.69, 9.17) is 0 Å². The molecule has 1 aromatic heterocycles. The van der Waals surface area contributed by atoms with Crippen LogP contribution in [0.1, 0.15) is 16.8 Å². The summed E-state index contributed by atoms with van der Waals surface area (Å²) in [6, 6.07) is 0.986. The number of hydrogen-bond acceptors (Lipinski definition) is 3. The van der Waals surface area contributed by atoms with E-state index in [0.717, 1.165) is 4.57 Å². The van der Waals surface area contributed by atoms with Crippen LogP contribution in [0, 0.1) is 17.5 Å². The van der Waals surface area contributed by atoms with Crippen molar-refractivity contribution < 1.29 is 22.8 Å². The van der Waals surface area contributed by atoms with Gasteiger partial charge in [0.1, 0.15) is 17.9 Å². The molecular weight excluding hydrogens is 273 g/mol. The minimum Gasteiger partial charge on any atom is -0.299 e. The van der Waals surface area contributed by atoms with Crippen LogP contribution in [-0.4, -0.2) is 21.2 Å². The van der Waals surface area contributed by atoms with Crippen molar-refractivity contribution in [1.82, 2.24) is 9.55 Å². The normalized spacial score (nSPS) is 10.6. The van der Waals surface area contributed by atoms with Crippen molar-refractivity contribution in [2.24, 2.45) is 0 Å². The number of rotatable bonds is 4. The molecule has 1 aromatic carbocycles. The van der Waals surface area contributed by atoms with Crippen LogP contribution in [0.4, 0.5) is 13.2 Å². The summed E-state index contributed by atoms with van der Waals surface area (Å²) in [4.78, 5) is 26.9. The van der Waals surface area contributed by atoms with Gasteiger partial charge in [0.05, 0.1) is 6.42 Å². The largest absolute Gasteiger partial charge is 0.299 e. The van der Waals surface area contributed by atoms with E-state index < -0.39 is 42.0 Å². The molecule has 0 atom stereocenters. The Morgan fingerprint density at radius 3 is 2.45 bits per heavy atom. The van der Waals surface area contributed by atoms with E-state index in [1.165, 1.54) is 18.7 Å². The Bertz CT molecular complexity index is 654. The van der Waals surface area contributed by atoms with Gasteiger partial charge in [0.15, 0.2) is 11.6 Å². The molecule has 2 rings (SSSR count). The van der Waals surface area contributed by atoms with Crippen molar-refractivity contribution in [1.29, 1.82) is 0 Å². The fourth-order valence-electron chi connectivity index (χ4n) is 1.64. The molecule has 0 radical (unpaired) electrons. The smallest absolute Gasteiger partial charge is 0.239 e. The zero-order valence-corrected chi connectivity index (χ0v) is 10.1. The Balaban J connectivity index is 2.05. The first kappa shape index (κ1) is 14.0. The van der Waals surface area contributed by atoms with Gasteiger partial charge in [-0.3, -0.25) is 14.2 Å². The maximum atomic E-state index is 13.3. The molecule has 4 nitrogen and oxygen atoms in total. The van der Waals surface area contributed by atoms with Crippen LogP contribution < -0.4 is 0 Å². The highest BCUT2D eigenvalue weighted by atomic mass is 19.2. The number of benzene rings is 1. The van der Waals surface area contributed by atoms with Gasteiger partial charge in [-0.25, -0.2) is 18.2 Å². The molecular formula is C13H9F3N2O2. The number of hydrogen-bond donors (Lipinski definition) is 0. The van der Waals surface area contributed by atoms with Gasteiger partial charge in [0.2, 0.25) is 5.91 Å². The number of aromatic nitrogens is 2. The third kappa shape index (κ3) is 3.11. The van der Waals surface area contributed by atoms with Crippen LogP contribution in [0.2, 0.25) is 0 Å². The van der Waals surface area contributed by atoms with Crippen molar-refractivity contribution >= 4 is 11.7 Å². The van der Waals surface area contributed by atoms with Crippen LogP contribution in [-0.2, 0) is 11.2 Å². The average Bonchev–Trinajstić information content (AvgIpc) is 2.89. The van der Waals surface area contributed by atoms with E-state index in [9.17, 15) is 22.8 Å². The van der Waals surface area contributed by atoms with Crippen molar-refractivity contribution in [2.45, 2.75) is 12.8 Å². The van der Waals surface area contributed by atoms with Crippen LogP contribution >= 0.6 is 0 Å². The number of Topliss-reactive ketones (excluding diaryl/α,β-unsaturated/α-hetero) is 1. The molecule has 0 aliphatic carbocycles. The van der Waals surface area contributed by atoms with E-state index in [-0.39, 0.29) is 5.56 Å². The number of carbonyl (C=O) groups excluding carboxylic acids is 2. The van der Waals surface area contributed by atoms with Gasteiger partial charge < -0.3 is 0 Å². The van der Waals surface area contributed by atoms with E-state index in [0.29, 0.717) is 12.1 Å². The minimum atomic E-state index is -1.33. The van der Waals surface area contributed by atoms with Gasteiger partial charge in [-0.1, -0.05) is 0 Å². The lowest BCUT2D eigenvalue weighted by molar-refractivity contribution is -0.117. The van der Waals surface area contributed by atoms with E-state index >= 15 is 0 Å². The van der Waals surface area contributed by atoms with Gasteiger partial charge in [0, 0.05) is 24.9 Å². The summed E-state index contributed by atoms with van der Waals surface area (Å²) in [5, 5.41) is 0. The van der Waals surface area contributed by atoms with Gasteiger partial charge in [-0.15, -0.1) is 0 Å². The Morgan fingerprint density at radius 1 is 1.10 bits per heavy atom. The van der Waals surface area contributed by atoms with E-state index in [1.807, 2.05) is 0 Å². The molecule has 1 heterocycles. The Morgan fingerprint density at radius 2 is 1.80 bits per heavy atom. The second kappa shape index (κ2) is 5.68. The van der Waals surface area contributed by atoms with Gasteiger partial charge in [0.25, 0.3) is 0 Å². The highest BCUT2D eigenvalue weighted by Crippen LogP contribution is 2.15. The van der Waals surface area contributed by atoms with Crippen molar-refractivity contribution in [3.05, 3.63) is 53.9 Å². The zero-order chi connectivity index (χ0) is 14.7. The zero-order valence-electron chi connectivity index (χ0n) is 10.1. The summed E-state index contributed by atoms with van der Waals surface area (Å²) in [6.45, 7) is 0. The third-order valence-corrected chi connectivity index (χ3v) is 2.62. The van der Waals surface area contributed by atoms with Crippen molar-refractivity contribution in [3.63, 3.8) is 0 Å². The lowest BCUT2D eigenvalue weighted by Gasteiger charge is -2.04. The first-order valence-corrected chi connectivity index (χ1v) is 5.63. The standard InChI is InChI=1S/C13H9F3N2O2/c14-10-6-12(16)11(15)4-8(10)3-9(19)5-13(20)18-2-1-17-7-18/h1-2,4,6-7H,3,5H2. The molecule has 20 heavy (non-hydrogen) atoms. The first-order valence-electron chi connectivity index (χ1n) is 5.63. The quantitative estimate of drug-likeness (QED) is 0.637. The van der Waals surface area contributed by atoms with Gasteiger partial charge in [-0.2, -0.15) is 0 Å². The van der Waals surface area contributed by atoms with Crippen molar-refractivity contribution in [2.75, 3.05) is 0 Å². The van der Waals surface area contributed by atoms with Gasteiger partial charge >= 0.3 is 0 Å². The van der Waals surface area contributed by atoms with E-state index in [1.54, 1.807) is 0 Å². The molecule has 0 N–H and O–H groups in total. The molecule has 0 amide bonds. The van der Waals surface area contributed by atoms with Gasteiger partial charge in [-0.05, 0) is 11.6 Å². The third-order valence-electron chi connectivity index (χ3n) is 2.62. The predicted molar refractivity (Wildman–Crippen MR) is 62.5 cm³/mol. The van der Waals surface area contributed by atoms with Crippen LogP contribution in [0.3, 0.4) is 0 Å². The first-order chi connectivity index (χ1) is 9.47. The Kier molecular flexibility index (Phi) is 3.97. The summed E-state index contributed by atoms with van der Waals surface area (Å²) in [7, 11) is 0. The summed E-state index contributed by atoms with van der Waals surface area (Å²) >= 11 is 0. The lowest BCUT2D eigenvalue weighted by Crippen LogP contribution is -2.16. The molecule has 0 aliphatic rings. The van der Waals surface area contributed by atoms with Crippen LogP contribution in [0.25, 0.3) is 0 Å². The number of ketones is 1. The maximum absolute atomic E-state index is 13.3.